The standard InChI is InChI=1S/C12H18FN3O/c1-9(12(14)15-17)7-16(2)8-10-3-5-11(13)6-4-10/h3-6,9,17H,7-8H2,1-2H3,(H2,14,15). The van der Waals surface area contributed by atoms with Crippen LogP contribution in [0.3, 0.4) is 0 Å². The normalized spacial score (nSPS) is 14.0. The van der Waals surface area contributed by atoms with Crippen LogP contribution in [0.2, 0.25) is 0 Å². The summed E-state index contributed by atoms with van der Waals surface area (Å²) in [5, 5.41) is 11.5. The topological polar surface area (TPSA) is 61.8 Å². The molecule has 0 saturated heterocycles. The van der Waals surface area contributed by atoms with Crippen LogP contribution in [-0.4, -0.2) is 29.5 Å². The molecule has 4 nitrogen and oxygen atoms in total. The van der Waals surface area contributed by atoms with E-state index in [1.807, 2.05) is 18.9 Å². The van der Waals surface area contributed by atoms with Crippen LogP contribution in [0.1, 0.15) is 12.5 Å². The van der Waals surface area contributed by atoms with E-state index in [1.165, 1.54) is 12.1 Å². The lowest BCUT2D eigenvalue weighted by molar-refractivity contribution is 0.290. The maximum atomic E-state index is 12.7. The molecule has 0 saturated carbocycles. The third-order valence-corrected chi connectivity index (χ3v) is 2.57. The molecule has 0 aliphatic heterocycles. The van der Waals surface area contributed by atoms with Crippen molar-refractivity contribution in [1.29, 1.82) is 0 Å². The Morgan fingerprint density at radius 2 is 2.06 bits per heavy atom. The Labute approximate surface area is 101 Å². The molecule has 0 radical (unpaired) electrons. The molecule has 1 aromatic rings. The Hall–Kier alpha value is -1.62. The summed E-state index contributed by atoms with van der Waals surface area (Å²) < 4.78 is 12.7. The first-order valence-corrected chi connectivity index (χ1v) is 5.43. The molecular formula is C12H18FN3O. The second-order valence-electron chi connectivity index (χ2n) is 4.25. The fourth-order valence-electron chi connectivity index (χ4n) is 1.63. The van der Waals surface area contributed by atoms with E-state index in [0.717, 1.165) is 5.56 Å². The van der Waals surface area contributed by atoms with Gasteiger partial charge >= 0.3 is 0 Å². The van der Waals surface area contributed by atoms with Gasteiger partial charge in [-0.05, 0) is 24.7 Å². The zero-order chi connectivity index (χ0) is 12.8. The lowest BCUT2D eigenvalue weighted by Gasteiger charge is -2.20. The van der Waals surface area contributed by atoms with Crippen molar-refractivity contribution in [3.05, 3.63) is 35.6 Å². The van der Waals surface area contributed by atoms with Crippen molar-refractivity contribution < 1.29 is 9.60 Å². The van der Waals surface area contributed by atoms with E-state index in [-0.39, 0.29) is 17.6 Å². The van der Waals surface area contributed by atoms with Gasteiger partial charge in [-0.2, -0.15) is 0 Å². The predicted octanol–water partition coefficient (Wildman–Crippen LogP) is 1.64. The quantitative estimate of drug-likeness (QED) is 0.355. The minimum atomic E-state index is -0.235. The van der Waals surface area contributed by atoms with Crippen LogP contribution in [0.5, 0.6) is 0 Å². The van der Waals surface area contributed by atoms with Crippen molar-refractivity contribution in [2.45, 2.75) is 13.5 Å². The van der Waals surface area contributed by atoms with Crippen molar-refractivity contribution in [1.82, 2.24) is 4.90 Å². The minimum Gasteiger partial charge on any atom is -0.409 e. The van der Waals surface area contributed by atoms with Gasteiger partial charge in [-0.15, -0.1) is 0 Å². The van der Waals surface area contributed by atoms with E-state index in [9.17, 15) is 4.39 Å². The number of hydrogen-bond donors (Lipinski definition) is 2. The highest BCUT2D eigenvalue weighted by molar-refractivity contribution is 5.82. The van der Waals surface area contributed by atoms with E-state index < -0.39 is 0 Å². The largest absolute Gasteiger partial charge is 0.409 e. The maximum absolute atomic E-state index is 12.7. The predicted molar refractivity (Wildman–Crippen MR) is 65.3 cm³/mol. The molecular weight excluding hydrogens is 221 g/mol. The molecule has 1 aromatic carbocycles. The van der Waals surface area contributed by atoms with Gasteiger partial charge in [0.25, 0.3) is 0 Å². The highest BCUT2D eigenvalue weighted by Crippen LogP contribution is 2.07. The van der Waals surface area contributed by atoms with Crippen molar-refractivity contribution in [2.75, 3.05) is 13.6 Å². The Kier molecular flexibility index (Phi) is 4.90. The Balaban J connectivity index is 2.49. The van der Waals surface area contributed by atoms with Crippen molar-refractivity contribution >= 4 is 5.84 Å². The molecule has 94 valence electrons. The van der Waals surface area contributed by atoms with Gasteiger partial charge in [0.05, 0.1) is 0 Å². The van der Waals surface area contributed by atoms with Crippen LogP contribution < -0.4 is 5.73 Å². The molecule has 0 bridgehead atoms. The summed E-state index contributed by atoms with van der Waals surface area (Å²) >= 11 is 0. The number of oxime groups is 1. The Bertz CT molecular complexity index is 378. The van der Waals surface area contributed by atoms with Gasteiger partial charge in [-0.3, -0.25) is 0 Å². The maximum Gasteiger partial charge on any atom is 0.143 e. The Morgan fingerprint density at radius 3 is 2.59 bits per heavy atom. The number of amidine groups is 1. The van der Waals surface area contributed by atoms with Gasteiger partial charge in [-0.1, -0.05) is 24.2 Å². The number of halogens is 1. The number of nitrogens with two attached hydrogens (primary N) is 1. The molecule has 1 atom stereocenters. The van der Waals surface area contributed by atoms with Crippen molar-refractivity contribution in [3.63, 3.8) is 0 Å². The summed E-state index contributed by atoms with van der Waals surface area (Å²) in [6.07, 6.45) is 0. The van der Waals surface area contributed by atoms with Crippen LogP contribution in [0.25, 0.3) is 0 Å². The van der Waals surface area contributed by atoms with Gasteiger partial charge in [0.15, 0.2) is 0 Å². The molecule has 5 heteroatoms. The average Bonchev–Trinajstić information content (AvgIpc) is 2.30. The first kappa shape index (κ1) is 13.4. The van der Waals surface area contributed by atoms with Crippen LogP contribution in [0, 0.1) is 11.7 Å². The molecule has 0 aliphatic carbocycles. The second-order valence-corrected chi connectivity index (χ2v) is 4.25. The molecule has 0 aliphatic rings. The van der Waals surface area contributed by atoms with E-state index in [2.05, 4.69) is 5.16 Å². The van der Waals surface area contributed by atoms with Crippen LogP contribution in [0.4, 0.5) is 4.39 Å². The van der Waals surface area contributed by atoms with Crippen LogP contribution in [0.15, 0.2) is 29.4 Å². The highest BCUT2D eigenvalue weighted by atomic mass is 19.1. The molecule has 0 heterocycles. The smallest absolute Gasteiger partial charge is 0.143 e. The van der Waals surface area contributed by atoms with Gasteiger partial charge in [0.1, 0.15) is 11.7 Å². The third kappa shape index (κ3) is 4.40. The first-order valence-electron chi connectivity index (χ1n) is 5.43. The van der Waals surface area contributed by atoms with Crippen molar-refractivity contribution in [2.24, 2.45) is 16.8 Å². The summed E-state index contributed by atoms with van der Waals surface area (Å²) in [5.41, 5.74) is 6.53. The summed E-state index contributed by atoms with van der Waals surface area (Å²) in [6.45, 7) is 3.26. The Morgan fingerprint density at radius 1 is 1.47 bits per heavy atom. The lowest BCUT2D eigenvalue weighted by Crippen LogP contribution is -2.32. The fourth-order valence-corrected chi connectivity index (χ4v) is 1.63. The first-order chi connectivity index (χ1) is 8.02. The molecule has 0 aromatic heterocycles. The number of benzene rings is 1. The molecule has 3 N–H and O–H groups in total. The number of rotatable bonds is 5. The average molecular weight is 239 g/mol. The summed E-state index contributed by atoms with van der Waals surface area (Å²) in [4.78, 5) is 2.04. The van der Waals surface area contributed by atoms with Crippen LogP contribution in [-0.2, 0) is 6.54 Å². The van der Waals surface area contributed by atoms with E-state index >= 15 is 0 Å². The fraction of sp³-hybridized carbons (Fsp3) is 0.417. The van der Waals surface area contributed by atoms with Crippen molar-refractivity contribution in [3.8, 4) is 0 Å². The van der Waals surface area contributed by atoms with E-state index in [0.29, 0.717) is 13.1 Å². The minimum absolute atomic E-state index is 0.0227. The summed E-state index contributed by atoms with van der Waals surface area (Å²) in [5.74, 6) is -0.0390. The molecule has 17 heavy (non-hydrogen) atoms. The van der Waals surface area contributed by atoms with E-state index in [4.69, 9.17) is 10.9 Å². The van der Waals surface area contributed by atoms with Gasteiger partial charge in [0.2, 0.25) is 0 Å². The molecule has 0 amide bonds. The summed E-state index contributed by atoms with van der Waals surface area (Å²) in [6, 6.07) is 6.38. The lowest BCUT2D eigenvalue weighted by atomic mass is 10.1. The van der Waals surface area contributed by atoms with E-state index in [1.54, 1.807) is 12.1 Å². The third-order valence-electron chi connectivity index (χ3n) is 2.57. The van der Waals surface area contributed by atoms with Gasteiger partial charge in [0, 0.05) is 19.0 Å². The van der Waals surface area contributed by atoms with Gasteiger partial charge in [-0.25, -0.2) is 4.39 Å². The number of nitrogens with zero attached hydrogens (tertiary/aromatic N) is 2. The highest BCUT2D eigenvalue weighted by Gasteiger charge is 2.11. The van der Waals surface area contributed by atoms with Crippen LogP contribution >= 0.6 is 0 Å². The molecule has 1 unspecified atom stereocenters. The molecule has 1 rings (SSSR count). The SMILES string of the molecule is CC(CN(C)Cc1ccc(F)cc1)/C(N)=N/O. The zero-order valence-corrected chi connectivity index (χ0v) is 10.1. The van der Waals surface area contributed by atoms with Gasteiger partial charge < -0.3 is 15.8 Å². The summed E-state index contributed by atoms with van der Waals surface area (Å²) in [7, 11) is 1.94. The second kappa shape index (κ2) is 6.20. The monoisotopic (exact) mass is 239 g/mol. The molecule has 0 fully saturated rings. The molecule has 0 spiro atoms. The number of hydrogen-bond acceptors (Lipinski definition) is 3. The zero-order valence-electron chi connectivity index (χ0n) is 10.1.